The van der Waals surface area contributed by atoms with Crippen molar-refractivity contribution in [2.45, 2.75) is 80.7 Å². The Kier molecular flexibility index (Phi) is 8.36. The molecule has 3 aliphatic heterocycles. The Bertz CT molecular complexity index is 1530. The number of anilines is 1. The minimum Gasteiger partial charge on any atom is -0.371 e. The Morgan fingerprint density at radius 3 is 2.23 bits per heavy atom. The van der Waals surface area contributed by atoms with Gasteiger partial charge in [0.1, 0.15) is 4.90 Å². The molecule has 4 heterocycles. The van der Waals surface area contributed by atoms with E-state index < -0.39 is 9.84 Å². The van der Waals surface area contributed by atoms with Gasteiger partial charge in [-0.25, -0.2) is 8.42 Å². The molecule has 1 aliphatic carbocycles. The molecular formula is C36H49N5O2S. The summed E-state index contributed by atoms with van der Waals surface area (Å²) < 4.78 is 27.7. The van der Waals surface area contributed by atoms with Gasteiger partial charge in [0, 0.05) is 62.5 Å². The standard InChI is InChI=1S/C36H49N5O2S/c1-3-38-25-29-9-5-8-12-35(29)36(27-38,30-10-6-7-11-30)31-17-19-39(20-18-31)22-28-23-40(24-28)32-13-15-33(16-14-32)44(42,43)34-21-37-41(4-2)26-34/h5,8-9,12-16,21,26,28,30-31H,3-4,6-7,10-11,17-20,22-25,27H2,1-2H3. The van der Waals surface area contributed by atoms with Gasteiger partial charge >= 0.3 is 0 Å². The number of piperidine rings is 1. The van der Waals surface area contributed by atoms with E-state index in [9.17, 15) is 8.42 Å². The monoisotopic (exact) mass is 615 g/mol. The van der Waals surface area contributed by atoms with Crippen molar-refractivity contribution in [1.82, 2.24) is 19.6 Å². The van der Waals surface area contributed by atoms with Crippen LogP contribution >= 0.6 is 0 Å². The fourth-order valence-corrected chi connectivity index (χ4v) is 10.3. The summed E-state index contributed by atoms with van der Waals surface area (Å²) in [4.78, 5) is 8.44. The van der Waals surface area contributed by atoms with E-state index in [-0.39, 0.29) is 4.90 Å². The van der Waals surface area contributed by atoms with Crippen LogP contribution in [-0.4, -0.2) is 73.8 Å². The van der Waals surface area contributed by atoms with Gasteiger partial charge in [-0.3, -0.25) is 9.58 Å². The molecule has 1 aromatic heterocycles. The summed E-state index contributed by atoms with van der Waals surface area (Å²) in [6.45, 7) is 14.1. The van der Waals surface area contributed by atoms with E-state index in [1.807, 2.05) is 19.1 Å². The van der Waals surface area contributed by atoms with Gasteiger partial charge < -0.3 is 9.80 Å². The molecular weight excluding hydrogens is 566 g/mol. The average Bonchev–Trinajstić information content (AvgIpc) is 3.76. The number of rotatable bonds is 9. The van der Waals surface area contributed by atoms with Gasteiger partial charge in [0.25, 0.3) is 0 Å². The number of fused-ring (bicyclic) bond motifs is 1. The molecule has 7 nitrogen and oxygen atoms in total. The van der Waals surface area contributed by atoms with Crippen LogP contribution in [0.5, 0.6) is 0 Å². The van der Waals surface area contributed by atoms with Gasteiger partial charge in [-0.2, -0.15) is 5.10 Å². The molecule has 1 unspecified atom stereocenters. The van der Waals surface area contributed by atoms with Crippen molar-refractivity contribution in [2.75, 3.05) is 50.7 Å². The quantitative estimate of drug-likeness (QED) is 0.301. The largest absolute Gasteiger partial charge is 0.371 e. The predicted octanol–water partition coefficient (Wildman–Crippen LogP) is 5.85. The number of hydrogen-bond acceptors (Lipinski definition) is 6. The Morgan fingerprint density at radius 2 is 1.55 bits per heavy atom. The van der Waals surface area contributed by atoms with Crippen LogP contribution in [0.3, 0.4) is 0 Å². The second kappa shape index (κ2) is 12.3. The Balaban J connectivity index is 0.964. The van der Waals surface area contributed by atoms with Gasteiger partial charge in [-0.1, -0.05) is 44.0 Å². The normalized spacial score (nSPS) is 24.5. The van der Waals surface area contributed by atoms with Crippen molar-refractivity contribution in [2.24, 2.45) is 17.8 Å². The Morgan fingerprint density at radius 1 is 0.841 bits per heavy atom. The summed E-state index contributed by atoms with van der Waals surface area (Å²) in [6, 6.07) is 16.9. The van der Waals surface area contributed by atoms with Gasteiger partial charge in [-0.15, -0.1) is 0 Å². The number of sulfone groups is 1. The fraction of sp³-hybridized carbons (Fsp3) is 0.583. The molecule has 0 amide bonds. The Hall–Kier alpha value is -2.68. The molecule has 4 aliphatic rings. The molecule has 3 aromatic rings. The van der Waals surface area contributed by atoms with E-state index in [1.54, 1.807) is 34.1 Å². The predicted molar refractivity (Wildman–Crippen MR) is 176 cm³/mol. The van der Waals surface area contributed by atoms with Gasteiger partial charge in [0.2, 0.25) is 9.84 Å². The minimum atomic E-state index is -3.54. The first-order chi connectivity index (χ1) is 21.4. The van der Waals surface area contributed by atoms with E-state index in [4.69, 9.17) is 0 Å². The lowest BCUT2D eigenvalue weighted by atomic mass is 9.57. The number of benzene rings is 2. The summed E-state index contributed by atoms with van der Waals surface area (Å²) in [7, 11) is -3.54. The van der Waals surface area contributed by atoms with Crippen LogP contribution in [0.15, 0.2) is 70.7 Å². The van der Waals surface area contributed by atoms with Crippen LogP contribution in [0.1, 0.15) is 63.5 Å². The molecule has 0 bridgehead atoms. The van der Waals surface area contributed by atoms with E-state index in [0.29, 0.717) is 22.8 Å². The average molecular weight is 616 g/mol. The molecule has 0 radical (unpaired) electrons. The summed E-state index contributed by atoms with van der Waals surface area (Å²) in [5.41, 5.74) is 4.71. The number of likely N-dealkylation sites (N-methyl/N-ethyl adjacent to an activating group) is 1. The zero-order valence-electron chi connectivity index (χ0n) is 26.6. The molecule has 236 valence electrons. The molecule has 1 saturated carbocycles. The van der Waals surface area contributed by atoms with E-state index in [1.165, 1.54) is 70.9 Å². The zero-order chi connectivity index (χ0) is 30.3. The second-order valence-electron chi connectivity index (χ2n) is 13.9. The van der Waals surface area contributed by atoms with Crippen molar-refractivity contribution in [3.8, 4) is 0 Å². The van der Waals surface area contributed by atoms with Crippen LogP contribution < -0.4 is 4.90 Å². The molecule has 0 N–H and O–H groups in total. The minimum absolute atomic E-state index is 0.254. The topological polar surface area (TPSA) is 61.7 Å². The summed E-state index contributed by atoms with van der Waals surface area (Å²) in [5, 5.41) is 4.14. The summed E-state index contributed by atoms with van der Waals surface area (Å²) in [5.74, 6) is 2.26. The highest BCUT2D eigenvalue weighted by molar-refractivity contribution is 7.91. The van der Waals surface area contributed by atoms with Crippen LogP contribution in [-0.2, 0) is 28.3 Å². The third-order valence-corrected chi connectivity index (χ3v) is 13.2. The third-order valence-electron chi connectivity index (χ3n) is 11.5. The molecule has 1 atom stereocenters. The Labute approximate surface area is 264 Å². The maximum atomic E-state index is 13.0. The first-order valence-electron chi connectivity index (χ1n) is 17.1. The second-order valence-corrected chi connectivity index (χ2v) is 15.8. The SMILES string of the molecule is CCN1Cc2ccccc2C(C2CCCC2)(C2CCN(CC3CN(c4ccc(S(=O)(=O)c5cnn(CC)c5)cc4)C3)CC2)C1. The lowest BCUT2D eigenvalue weighted by molar-refractivity contribution is 0.0359. The molecule has 8 heteroatoms. The number of aryl methyl sites for hydroxylation is 1. The van der Waals surface area contributed by atoms with Crippen LogP contribution in [0.2, 0.25) is 0 Å². The van der Waals surface area contributed by atoms with Crippen molar-refractivity contribution in [1.29, 1.82) is 0 Å². The van der Waals surface area contributed by atoms with E-state index in [0.717, 1.165) is 43.7 Å². The molecule has 3 fully saturated rings. The number of likely N-dealkylation sites (tertiary alicyclic amines) is 1. The molecule has 44 heavy (non-hydrogen) atoms. The van der Waals surface area contributed by atoms with E-state index >= 15 is 0 Å². The van der Waals surface area contributed by atoms with Crippen LogP contribution in [0.25, 0.3) is 0 Å². The molecule has 0 spiro atoms. The first kappa shape index (κ1) is 30.0. The summed E-state index contributed by atoms with van der Waals surface area (Å²) in [6.07, 6.45) is 11.3. The fourth-order valence-electron chi connectivity index (χ4n) is 9.08. The molecule has 7 rings (SSSR count). The van der Waals surface area contributed by atoms with Crippen molar-refractivity contribution in [3.63, 3.8) is 0 Å². The van der Waals surface area contributed by atoms with Crippen molar-refractivity contribution < 1.29 is 8.42 Å². The number of nitrogens with zero attached hydrogens (tertiary/aromatic N) is 5. The zero-order valence-corrected chi connectivity index (χ0v) is 27.4. The first-order valence-corrected chi connectivity index (χ1v) is 18.5. The number of hydrogen-bond donors (Lipinski definition) is 0. The van der Waals surface area contributed by atoms with Gasteiger partial charge in [-0.05, 0) is 99.5 Å². The third kappa shape index (κ3) is 5.41. The molecule has 2 aromatic carbocycles. The maximum absolute atomic E-state index is 13.0. The van der Waals surface area contributed by atoms with Crippen molar-refractivity contribution in [3.05, 3.63) is 72.1 Å². The van der Waals surface area contributed by atoms with Crippen molar-refractivity contribution >= 4 is 15.5 Å². The number of aromatic nitrogens is 2. The summed E-state index contributed by atoms with van der Waals surface area (Å²) >= 11 is 0. The van der Waals surface area contributed by atoms with Crippen LogP contribution in [0, 0.1) is 17.8 Å². The van der Waals surface area contributed by atoms with Gasteiger partial charge in [0.05, 0.1) is 11.1 Å². The van der Waals surface area contributed by atoms with E-state index in [2.05, 4.69) is 51.0 Å². The van der Waals surface area contributed by atoms with Crippen LogP contribution in [0.4, 0.5) is 5.69 Å². The highest BCUT2D eigenvalue weighted by Gasteiger charge is 2.51. The lowest BCUT2D eigenvalue weighted by Crippen LogP contribution is -2.57. The van der Waals surface area contributed by atoms with Gasteiger partial charge in [0.15, 0.2) is 0 Å². The lowest BCUT2D eigenvalue weighted by Gasteiger charge is -2.54. The highest BCUT2D eigenvalue weighted by atomic mass is 32.2. The maximum Gasteiger partial charge on any atom is 0.209 e. The highest BCUT2D eigenvalue weighted by Crippen LogP contribution is 2.53. The smallest absolute Gasteiger partial charge is 0.209 e. The molecule has 2 saturated heterocycles.